The van der Waals surface area contributed by atoms with Gasteiger partial charge < -0.3 is 0 Å². The molecule has 2 aromatic rings. The molecule has 13 heavy (non-hydrogen) atoms. The summed E-state index contributed by atoms with van der Waals surface area (Å²) in [6, 6.07) is 13.7. The maximum absolute atomic E-state index is 13.0. The average Bonchev–Trinajstić information content (AvgIpc) is 2.17. The predicted molar refractivity (Wildman–Crippen MR) is 53.5 cm³/mol. The van der Waals surface area contributed by atoms with Gasteiger partial charge in [0, 0.05) is 0 Å². The van der Waals surface area contributed by atoms with Crippen molar-refractivity contribution in [3.63, 3.8) is 0 Å². The fourth-order valence-corrected chi connectivity index (χ4v) is 1.46. The molecule has 0 aliphatic heterocycles. The Morgan fingerprint density at radius 1 is 1.00 bits per heavy atom. The van der Waals surface area contributed by atoms with Crippen LogP contribution in [-0.4, -0.2) is 0 Å². The van der Waals surface area contributed by atoms with Crippen LogP contribution in [0, 0.1) is 0 Å². The Morgan fingerprint density at radius 3 is 2.38 bits per heavy atom. The van der Waals surface area contributed by atoms with Crippen LogP contribution in [0.5, 0.6) is 0 Å². The van der Waals surface area contributed by atoms with Gasteiger partial charge >= 0.3 is 0 Å². The third-order valence-electron chi connectivity index (χ3n) is 2.23. The molecule has 0 nitrogen and oxygen atoms in total. The zero-order chi connectivity index (χ0) is 9.26. The molecule has 0 unspecified atom stereocenters. The van der Waals surface area contributed by atoms with Crippen molar-refractivity contribution >= 4 is 10.8 Å². The van der Waals surface area contributed by atoms with Crippen molar-refractivity contribution in [3.8, 4) is 0 Å². The minimum Gasteiger partial charge on any atom is -0.243 e. The number of hydrogen-bond acceptors (Lipinski definition) is 0. The van der Waals surface area contributed by atoms with Crippen LogP contribution < -0.4 is 0 Å². The second-order valence-electron chi connectivity index (χ2n) is 3.22. The summed E-state index contributed by atoms with van der Waals surface area (Å²) in [5.74, 6) is 0. The molecule has 0 saturated carbocycles. The van der Waals surface area contributed by atoms with Crippen LogP contribution in [0.1, 0.15) is 18.7 Å². The first-order valence-electron chi connectivity index (χ1n) is 4.40. The number of rotatable bonds is 1. The van der Waals surface area contributed by atoms with E-state index in [0.29, 0.717) is 0 Å². The Kier molecular flexibility index (Phi) is 2.01. The van der Waals surface area contributed by atoms with Gasteiger partial charge in [0.25, 0.3) is 0 Å². The number of alkyl halides is 1. The normalized spacial score (nSPS) is 13.1. The first kappa shape index (κ1) is 8.24. The molecule has 1 heteroatoms. The lowest BCUT2D eigenvalue weighted by atomic mass is 10.1. The highest BCUT2D eigenvalue weighted by atomic mass is 19.1. The molecule has 0 N–H and O–H groups in total. The van der Waals surface area contributed by atoms with Crippen molar-refractivity contribution in [1.29, 1.82) is 0 Å². The van der Waals surface area contributed by atoms with E-state index in [2.05, 4.69) is 0 Å². The molecule has 0 radical (unpaired) electrons. The minimum absolute atomic E-state index is 0.749. The third-order valence-corrected chi connectivity index (χ3v) is 2.23. The van der Waals surface area contributed by atoms with Crippen LogP contribution in [0.4, 0.5) is 4.39 Å². The average molecular weight is 174 g/mol. The molecule has 2 rings (SSSR count). The number of fused-ring (bicyclic) bond motifs is 1. The lowest BCUT2D eigenvalue weighted by molar-refractivity contribution is 0.374. The fourth-order valence-electron chi connectivity index (χ4n) is 1.46. The number of hydrogen-bond donors (Lipinski definition) is 0. The van der Waals surface area contributed by atoms with Gasteiger partial charge in [0.15, 0.2) is 0 Å². The highest BCUT2D eigenvalue weighted by molar-refractivity contribution is 5.83. The van der Waals surface area contributed by atoms with Gasteiger partial charge in [-0.15, -0.1) is 0 Å². The SMILES string of the molecule is C[C@H](F)c1ccc2ccccc2c1. The highest BCUT2D eigenvalue weighted by Gasteiger charge is 2.02. The maximum atomic E-state index is 13.0. The molecule has 0 spiro atoms. The van der Waals surface area contributed by atoms with Crippen molar-refractivity contribution in [1.82, 2.24) is 0 Å². The first-order chi connectivity index (χ1) is 6.27. The quantitative estimate of drug-likeness (QED) is 0.615. The van der Waals surface area contributed by atoms with E-state index < -0.39 is 6.17 Å². The van der Waals surface area contributed by atoms with E-state index in [-0.39, 0.29) is 0 Å². The van der Waals surface area contributed by atoms with Gasteiger partial charge in [0.1, 0.15) is 6.17 Å². The third kappa shape index (κ3) is 1.55. The lowest BCUT2D eigenvalue weighted by Gasteiger charge is -2.03. The highest BCUT2D eigenvalue weighted by Crippen LogP contribution is 2.21. The van der Waals surface area contributed by atoms with E-state index in [1.54, 1.807) is 6.92 Å². The molecule has 66 valence electrons. The van der Waals surface area contributed by atoms with E-state index in [1.807, 2.05) is 42.5 Å². The number of halogens is 1. The molecule has 0 fully saturated rings. The molecule has 0 saturated heterocycles. The number of benzene rings is 2. The molecular weight excluding hydrogens is 163 g/mol. The van der Waals surface area contributed by atoms with Crippen LogP contribution in [0.25, 0.3) is 10.8 Å². The van der Waals surface area contributed by atoms with Crippen LogP contribution >= 0.6 is 0 Å². The van der Waals surface area contributed by atoms with Gasteiger partial charge in [-0.05, 0) is 29.3 Å². The maximum Gasteiger partial charge on any atom is 0.122 e. The van der Waals surface area contributed by atoms with E-state index >= 15 is 0 Å². The summed E-state index contributed by atoms with van der Waals surface area (Å²) in [4.78, 5) is 0. The molecule has 2 aromatic carbocycles. The molecule has 1 atom stereocenters. The smallest absolute Gasteiger partial charge is 0.122 e. The summed E-state index contributed by atoms with van der Waals surface area (Å²) >= 11 is 0. The Morgan fingerprint density at radius 2 is 1.69 bits per heavy atom. The summed E-state index contributed by atoms with van der Waals surface area (Å²) < 4.78 is 13.0. The van der Waals surface area contributed by atoms with Crippen molar-refractivity contribution in [2.24, 2.45) is 0 Å². The van der Waals surface area contributed by atoms with Crippen molar-refractivity contribution < 1.29 is 4.39 Å². The van der Waals surface area contributed by atoms with Gasteiger partial charge in [0.2, 0.25) is 0 Å². The second-order valence-corrected chi connectivity index (χ2v) is 3.22. The fraction of sp³-hybridized carbons (Fsp3) is 0.167. The van der Waals surface area contributed by atoms with E-state index in [9.17, 15) is 4.39 Å². The predicted octanol–water partition coefficient (Wildman–Crippen LogP) is 3.87. The van der Waals surface area contributed by atoms with Crippen molar-refractivity contribution in [2.45, 2.75) is 13.1 Å². The molecule has 0 aromatic heterocycles. The van der Waals surface area contributed by atoms with Gasteiger partial charge in [-0.2, -0.15) is 0 Å². The zero-order valence-corrected chi connectivity index (χ0v) is 7.50. The minimum atomic E-state index is -0.885. The summed E-state index contributed by atoms with van der Waals surface area (Å²) in [5, 5.41) is 2.26. The molecular formula is C12H11F. The Hall–Kier alpha value is -1.37. The van der Waals surface area contributed by atoms with E-state index in [0.717, 1.165) is 16.3 Å². The summed E-state index contributed by atoms with van der Waals surface area (Å²) in [6.45, 7) is 1.56. The Balaban J connectivity index is 2.62. The van der Waals surface area contributed by atoms with Crippen molar-refractivity contribution in [2.75, 3.05) is 0 Å². The summed E-state index contributed by atoms with van der Waals surface area (Å²) in [5.41, 5.74) is 0.749. The lowest BCUT2D eigenvalue weighted by Crippen LogP contribution is -1.84. The van der Waals surface area contributed by atoms with Crippen LogP contribution in [0.3, 0.4) is 0 Å². The van der Waals surface area contributed by atoms with Crippen LogP contribution in [0.15, 0.2) is 42.5 Å². The molecule has 0 aliphatic carbocycles. The van der Waals surface area contributed by atoms with Crippen LogP contribution in [0.2, 0.25) is 0 Å². The van der Waals surface area contributed by atoms with Gasteiger partial charge in [0.05, 0.1) is 0 Å². The van der Waals surface area contributed by atoms with Crippen molar-refractivity contribution in [3.05, 3.63) is 48.0 Å². The van der Waals surface area contributed by atoms with E-state index in [1.165, 1.54) is 0 Å². The van der Waals surface area contributed by atoms with Gasteiger partial charge in [-0.3, -0.25) is 0 Å². The van der Waals surface area contributed by atoms with Gasteiger partial charge in [-0.1, -0.05) is 36.4 Å². The standard InChI is InChI=1S/C12H11F/c1-9(13)11-7-6-10-4-2-3-5-12(10)8-11/h2-9H,1H3/t9-/m0/s1. The monoisotopic (exact) mass is 174 g/mol. The molecule has 0 amide bonds. The second kappa shape index (κ2) is 3.17. The largest absolute Gasteiger partial charge is 0.243 e. The molecule has 0 bridgehead atoms. The summed E-state index contributed by atoms with van der Waals surface area (Å²) in [7, 11) is 0. The first-order valence-corrected chi connectivity index (χ1v) is 4.40. The molecule has 0 heterocycles. The van der Waals surface area contributed by atoms with E-state index in [4.69, 9.17) is 0 Å². The molecule has 0 aliphatic rings. The van der Waals surface area contributed by atoms with Gasteiger partial charge in [-0.25, -0.2) is 4.39 Å². The Labute approximate surface area is 77.0 Å². The Bertz CT molecular complexity index is 418. The topological polar surface area (TPSA) is 0 Å². The zero-order valence-electron chi connectivity index (χ0n) is 7.50. The van der Waals surface area contributed by atoms with Crippen LogP contribution in [-0.2, 0) is 0 Å². The summed E-state index contributed by atoms with van der Waals surface area (Å²) in [6.07, 6.45) is -0.885.